The lowest BCUT2D eigenvalue weighted by Gasteiger charge is -2.25. The minimum Gasteiger partial charge on any atom is -0.392 e. The number of aliphatic hydroxyl groups is 1. The number of hydrogen-bond acceptors (Lipinski definition) is 3. The van der Waals surface area contributed by atoms with Crippen molar-refractivity contribution >= 4 is 5.91 Å². The Hall–Kier alpha value is -1.39. The number of carbonyl (C=O) groups excluding carboxylic acids is 1. The highest BCUT2D eigenvalue weighted by molar-refractivity contribution is 5.76. The van der Waals surface area contributed by atoms with Crippen LogP contribution in [0, 0.1) is 0 Å². The molecule has 0 spiro atoms. The summed E-state index contributed by atoms with van der Waals surface area (Å²) in [6.07, 6.45) is 0.531. The number of rotatable bonds is 4. The number of hydrogen-bond donors (Lipinski definition) is 2. The molecule has 1 heterocycles. The SMILES string of the molecule is CC(O)CNC(=O)CC1OCCc2ccccc21. The lowest BCUT2D eigenvalue weighted by molar-refractivity contribution is -0.124. The van der Waals surface area contributed by atoms with Gasteiger partial charge >= 0.3 is 0 Å². The van der Waals surface area contributed by atoms with Gasteiger partial charge in [0.1, 0.15) is 0 Å². The van der Waals surface area contributed by atoms with E-state index in [1.807, 2.05) is 18.2 Å². The van der Waals surface area contributed by atoms with E-state index in [1.165, 1.54) is 5.56 Å². The first-order valence-corrected chi connectivity index (χ1v) is 6.31. The van der Waals surface area contributed by atoms with Gasteiger partial charge in [-0.15, -0.1) is 0 Å². The van der Waals surface area contributed by atoms with Crippen LogP contribution in [-0.4, -0.2) is 30.3 Å². The second kappa shape index (κ2) is 5.98. The Bertz CT molecular complexity index is 417. The quantitative estimate of drug-likeness (QED) is 0.842. The maximum atomic E-state index is 11.7. The number of carbonyl (C=O) groups is 1. The Kier molecular flexibility index (Phi) is 4.33. The van der Waals surface area contributed by atoms with Crippen molar-refractivity contribution in [3.8, 4) is 0 Å². The zero-order valence-corrected chi connectivity index (χ0v) is 10.6. The minimum atomic E-state index is -0.520. The van der Waals surface area contributed by atoms with Gasteiger partial charge in [0.05, 0.1) is 25.2 Å². The van der Waals surface area contributed by atoms with Crippen LogP contribution in [0.5, 0.6) is 0 Å². The Labute approximate surface area is 107 Å². The van der Waals surface area contributed by atoms with Gasteiger partial charge in [-0.2, -0.15) is 0 Å². The molecule has 98 valence electrons. The topological polar surface area (TPSA) is 58.6 Å². The molecule has 18 heavy (non-hydrogen) atoms. The maximum Gasteiger partial charge on any atom is 0.223 e. The van der Waals surface area contributed by atoms with Gasteiger partial charge in [0.2, 0.25) is 5.91 Å². The summed E-state index contributed by atoms with van der Waals surface area (Å²) in [6.45, 7) is 2.59. The van der Waals surface area contributed by atoms with Crippen LogP contribution in [0.3, 0.4) is 0 Å². The van der Waals surface area contributed by atoms with Crippen LogP contribution in [0.2, 0.25) is 0 Å². The van der Waals surface area contributed by atoms with Crippen molar-refractivity contribution in [2.24, 2.45) is 0 Å². The van der Waals surface area contributed by atoms with Crippen molar-refractivity contribution in [1.29, 1.82) is 0 Å². The van der Waals surface area contributed by atoms with Gasteiger partial charge in [0, 0.05) is 6.54 Å². The average Bonchev–Trinajstić information content (AvgIpc) is 2.37. The van der Waals surface area contributed by atoms with Crippen molar-refractivity contribution in [3.63, 3.8) is 0 Å². The highest BCUT2D eigenvalue weighted by Gasteiger charge is 2.22. The highest BCUT2D eigenvalue weighted by atomic mass is 16.5. The zero-order valence-electron chi connectivity index (χ0n) is 10.6. The molecule has 0 aromatic heterocycles. The molecular formula is C14H19NO3. The number of aliphatic hydroxyl groups excluding tert-OH is 1. The van der Waals surface area contributed by atoms with Crippen molar-refractivity contribution in [1.82, 2.24) is 5.32 Å². The summed E-state index contributed by atoms with van der Waals surface area (Å²) in [7, 11) is 0. The summed E-state index contributed by atoms with van der Waals surface area (Å²) < 4.78 is 5.66. The third-order valence-electron chi connectivity index (χ3n) is 3.06. The summed E-state index contributed by atoms with van der Waals surface area (Å²) in [5.41, 5.74) is 2.37. The van der Waals surface area contributed by atoms with Crippen molar-refractivity contribution in [2.75, 3.05) is 13.2 Å². The Morgan fingerprint density at radius 1 is 1.56 bits per heavy atom. The van der Waals surface area contributed by atoms with E-state index in [0.717, 1.165) is 12.0 Å². The first-order chi connectivity index (χ1) is 8.66. The van der Waals surface area contributed by atoms with Gasteiger partial charge in [0.25, 0.3) is 0 Å². The van der Waals surface area contributed by atoms with Gasteiger partial charge < -0.3 is 15.2 Å². The second-order valence-electron chi connectivity index (χ2n) is 4.67. The maximum absolute atomic E-state index is 11.7. The van der Waals surface area contributed by atoms with E-state index in [2.05, 4.69) is 11.4 Å². The molecule has 2 atom stereocenters. The number of amides is 1. The van der Waals surface area contributed by atoms with Crippen LogP contribution in [0.25, 0.3) is 0 Å². The van der Waals surface area contributed by atoms with E-state index in [1.54, 1.807) is 6.92 Å². The molecule has 1 aliphatic heterocycles. The van der Waals surface area contributed by atoms with Crippen molar-refractivity contribution in [2.45, 2.75) is 32.0 Å². The molecule has 0 saturated heterocycles. The van der Waals surface area contributed by atoms with Crippen molar-refractivity contribution < 1.29 is 14.6 Å². The van der Waals surface area contributed by atoms with Gasteiger partial charge in [-0.3, -0.25) is 4.79 Å². The fourth-order valence-electron chi connectivity index (χ4n) is 2.15. The summed E-state index contributed by atoms with van der Waals surface area (Å²) in [5.74, 6) is -0.0856. The van der Waals surface area contributed by atoms with E-state index in [0.29, 0.717) is 13.0 Å². The van der Waals surface area contributed by atoms with Gasteiger partial charge in [0.15, 0.2) is 0 Å². The zero-order chi connectivity index (χ0) is 13.0. The third-order valence-corrected chi connectivity index (χ3v) is 3.06. The smallest absolute Gasteiger partial charge is 0.223 e. The van der Waals surface area contributed by atoms with Gasteiger partial charge in [-0.25, -0.2) is 0 Å². The molecule has 1 amide bonds. The summed E-state index contributed by atoms with van der Waals surface area (Å²) in [5, 5.41) is 11.8. The molecule has 4 nitrogen and oxygen atoms in total. The van der Waals surface area contributed by atoms with E-state index < -0.39 is 6.10 Å². The molecule has 1 aromatic carbocycles. The number of ether oxygens (including phenoxy) is 1. The Balaban J connectivity index is 1.96. The molecule has 0 fully saturated rings. The van der Waals surface area contributed by atoms with Crippen LogP contribution in [-0.2, 0) is 16.0 Å². The number of fused-ring (bicyclic) bond motifs is 1. The normalized spacial score (nSPS) is 20.0. The summed E-state index contributed by atoms with van der Waals surface area (Å²) in [4.78, 5) is 11.7. The van der Waals surface area contributed by atoms with Crippen LogP contribution in [0.15, 0.2) is 24.3 Å². The molecule has 4 heteroatoms. The lowest BCUT2D eigenvalue weighted by Crippen LogP contribution is -2.32. The summed E-state index contributed by atoms with van der Waals surface area (Å²) in [6, 6.07) is 8.07. The molecule has 2 rings (SSSR count). The van der Waals surface area contributed by atoms with Gasteiger partial charge in [-0.05, 0) is 24.5 Å². The third kappa shape index (κ3) is 3.31. The van der Waals surface area contributed by atoms with E-state index in [4.69, 9.17) is 9.84 Å². The van der Waals surface area contributed by atoms with E-state index in [9.17, 15) is 4.79 Å². The van der Waals surface area contributed by atoms with Gasteiger partial charge in [-0.1, -0.05) is 24.3 Å². The minimum absolute atomic E-state index is 0.0856. The Morgan fingerprint density at radius 2 is 2.33 bits per heavy atom. The molecular weight excluding hydrogens is 230 g/mol. The van der Waals surface area contributed by atoms with Crippen molar-refractivity contribution in [3.05, 3.63) is 35.4 Å². The molecule has 1 aliphatic rings. The predicted molar refractivity (Wildman–Crippen MR) is 68.1 cm³/mol. The molecule has 0 bridgehead atoms. The molecule has 0 saturated carbocycles. The molecule has 0 radical (unpaired) electrons. The fraction of sp³-hybridized carbons (Fsp3) is 0.500. The lowest BCUT2D eigenvalue weighted by atomic mass is 9.95. The van der Waals surface area contributed by atoms with E-state index >= 15 is 0 Å². The predicted octanol–water partition coefficient (Wildman–Crippen LogP) is 1.19. The average molecular weight is 249 g/mol. The first kappa shape index (κ1) is 13.1. The molecule has 2 unspecified atom stereocenters. The highest BCUT2D eigenvalue weighted by Crippen LogP contribution is 2.29. The number of benzene rings is 1. The molecule has 0 aliphatic carbocycles. The standard InChI is InChI=1S/C14H19NO3/c1-10(16)9-15-14(17)8-13-12-5-3-2-4-11(12)6-7-18-13/h2-5,10,13,16H,6-9H2,1H3,(H,15,17). The van der Waals surface area contributed by atoms with E-state index in [-0.39, 0.29) is 18.6 Å². The summed E-state index contributed by atoms with van der Waals surface area (Å²) >= 11 is 0. The van der Waals surface area contributed by atoms with Crippen LogP contribution < -0.4 is 5.32 Å². The first-order valence-electron chi connectivity index (χ1n) is 6.31. The molecule has 2 N–H and O–H groups in total. The largest absolute Gasteiger partial charge is 0.392 e. The number of nitrogens with one attached hydrogen (secondary N) is 1. The molecule has 1 aromatic rings. The Morgan fingerprint density at radius 3 is 3.11 bits per heavy atom. The second-order valence-corrected chi connectivity index (χ2v) is 4.67. The fourth-order valence-corrected chi connectivity index (χ4v) is 2.15. The monoisotopic (exact) mass is 249 g/mol. The van der Waals surface area contributed by atoms with Crippen LogP contribution in [0.4, 0.5) is 0 Å². The van der Waals surface area contributed by atoms with Crippen LogP contribution >= 0.6 is 0 Å². The van der Waals surface area contributed by atoms with Crippen LogP contribution in [0.1, 0.15) is 30.6 Å².